The first-order chi connectivity index (χ1) is 7.65. The molecule has 1 aromatic carbocycles. The molecule has 5 heteroatoms. The highest BCUT2D eigenvalue weighted by molar-refractivity contribution is 6.28. The fourth-order valence-corrected chi connectivity index (χ4v) is 1.37. The van der Waals surface area contributed by atoms with Gasteiger partial charge in [0.15, 0.2) is 0 Å². The Balaban J connectivity index is 2.24. The summed E-state index contributed by atoms with van der Waals surface area (Å²) in [6.45, 7) is 1.71. The van der Waals surface area contributed by atoms with Crippen molar-refractivity contribution in [3.05, 3.63) is 47.1 Å². The van der Waals surface area contributed by atoms with Crippen molar-refractivity contribution in [2.24, 2.45) is 0 Å². The van der Waals surface area contributed by atoms with Gasteiger partial charge < -0.3 is 5.32 Å². The van der Waals surface area contributed by atoms with Crippen LogP contribution in [0, 0.1) is 12.7 Å². The van der Waals surface area contributed by atoms with E-state index in [1.54, 1.807) is 25.1 Å². The van der Waals surface area contributed by atoms with Crippen LogP contribution in [0.1, 0.15) is 5.56 Å². The molecule has 1 heterocycles. The highest BCUT2D eigenvalue weighted by Gasteiger charge is 2.01. The molecule has 1 aromatic heterocycles. The Morgan fingerprint density at radius 2 is 2.12 bits per heavy atom. The molecule has 0 aliphatic rings. The second kappa shape index (κ2) is 4.45. The molecule has 0 unspecified atom stereocenters. The number of benzene rings is 1. The lowest BCUT2D eigenvalue weighted by atomic mass is 10.2. The van der Waals surface area contributed by atoms with E-state index >= 15 is 0 Å². The predicted octanol–water partition coefficient (Wildman–Crippen LogP) is 3.32. The fourth-order valence-electron chi connectivity index (χ4n) is 1.22. The molecule has 0 radical (unpaired) electrons. The standard InChI is InChI=1S/C11H9ClFN3/c1-7-2-3-8(6-9(7)13)15-10-4-5-14-11(12)16-10/h2-6H,1H3,(H,14,15,16). The zero-order chi connectivity index (χ0) is 11.5. The molecule has 2 aromatic rings. The van der Waals surface area contributed by atoms with E-state index in [9.17, 15) is 4.39 Å². The van der Waals surface area contributed by atoms with Gasteiger partial charge in [0, 0.05) is 11.9 Å². The summed E-state index contributed by atoms with van der Waals surface area (Å²) >= 11 is 5.63. The normalized spacial score (nSPS) is 10.2. The Morgan fingerprint density at radius 1 is 1.31 bits per heavy atom. The number of hydrogen-bond acceptors (Lipinski definition) is 3. The smallest absolute Gasteiger partial charge is 0.224 e. The molecule has 0 spiro atoms. The second-order valence-corrected chi connectivity index (χ2v) is 3.64. The molecular weight excluding hydrogens is 229 g/mol. The van der Waals surface area contributed by atoms with Crippen molar-refractivity contribution in [1.82, 2.24) is 9.97 Å². The van der Waals surface area contributed by atoms with Crippen molar-refractivity contribution in [1.29, 1.82) is 0 Å². The van der Waals surface area contributed by atoms with Gasteiger partial charge in [-0.2, -0.15) is 0 Å². The number of hydrogen-bond donors (Lipinski definition) is 1. The van der Waals surface area contributed by atoms with Gasteiger partial charge in [-0.25, -0.2) is 14.4 Å². The van der Waals surface area contributed by atoms with Crippen LogP contribution in [-0.2, 0) is 0 Å². The maximum atomic E-state index is 13.3. The topological polar surface area (TPSA) is 37.8 Å². The lowest BCUT2D eigenvalue weighted by molar-refractivity contribution is 0.619. The van der Waals surface area contributed by atoms with E-state index in [0.29, 0.717) is 17.1 Å². The monoisotopic (exact) mass is 237 g/mol. The van der Waals surface area contributed by atoms with E-state index in [1.165, 1.54) is 12.3 Å². The zero-order valence-electron chi connectivity index (χ0n) is 8.54. The minimum atomic E-state index is -0.259. The Labute approximate surface area is 97.3 Å². The molecule has 0 atom stereocenters. The van der Waals surface area contributed by atoms with Gasteiger partial charge in [0.25, 0.3) is 0 Å². The van der Waals surface area contributed by atoms with Crippen LogP contribution >= 0.6 is 11.6 Å². The summed E-state index contributed by atoms with van der Waals surface area (Å²) in [5.74, 6) is 0.272. The van der Waals surface area contributed by atoms with Gasteiger partial charge >= 0.3 is 0 Å². The van der Waals surface area contributed by atoms with Gasteiger partial charge in [-0.3, -0.25) is 0 Å². The number of rotatable bonds is 2. The minimum Gasteiger partial charge on any atom is -0.340 e. The van der Waals surface area contributed by atoms with Gasteiger partial charge in [-0.1, -0.05) is 6.07 Å². The van der Waals surface area contributed by atoms with Crippen molar-refractivity contribution < 1.29 is 4.39 Å². The van der Waals surface area contributed by atoms with Gasteiger partial charge in [0.05, 0.1) is 0 Å². The van der Waals surface area contributed by atoms with E-state index in [1.807, 2.05) is 0 Å². The average molecular weight is 238 g/mol. The minimum absolute atomic E-state index is 0.151. The van der Waals surface area contributed by atoms with Crippen LogP contribution in [0.5, 0.6) is 0 Å². The summed E-state index contributed by atoms with van der Waals surface area (Å²) in [6, 6.07) is 6.53. The molecule has 0 saturated heterocycles. The Bertz CT molecular complexity index is 516. The predicted molar refractivity (Wildman–Crippen MR) is 61.5 cm³/mol. The number of nitrogens with one attached hydrogen (secondary N) is 1. The summed E-state index contributed by atoms with van der Waals surface area (Å²) in [7, 11) is 0. The maximum absolute atomic E-state index is 13.3. The van der Waals surface area contributed by atoms with E-state index in [2.05, 4.69) is 15.3 Å². The summed E-state index contributed by atoms with van der Waals surface area (Å²) in [5, 5.41) is 3.09. The SMILES string of the molecule is Cc1ccc(Nc2ccnc(Cl)n2)cc1F. The zero-order valence-corrected chi connectivity index (χ0v) is 9.29. The van der Waals surface area contributed by atoms with Gasteiger partial charge in [-0.05, 0) is 42.3 Å². The van der Waals surface area contributed by atoms with Crippen LogP contribution in [0.3, 0.4) is 0 Å². The summed E-state index contributed by atoms with van der Waals surface area (Å²) in [4.78, 5) is 7.69. The molecule has 0 aliphatic heterocycles. The molecule has 1 N–H and O–H groups in total. The van der Waals surface area contributed by atoms with Crippen molar-refractivity contribution in [3.8, 4) is 0 Å². The molecule has 16 heavy (non-hydrogen) atoms. The number of aryl methyl sites for hydroxylation is 1. The number of nitrogens with zero attached hydrogens (tertiary/aromatic N) is 2. The Morgan fingerprint density at radius 3 is 2.81 bits per heavy atom. The van der Waals surface area contributed by atoms with Gasteiger partial charge in [0.1, 0.15) is 11.6 Å². The molecule has 0 bridgehead atoms. The molecule has 0 amide bonds. The van der Waals surface area contributed by atoms with Crippen LogP contribution in [0.15, 0.2) is 30.5 Å². The molecule has 3 nitrogen and oxygen atoms in total. The average Bonchev–Trinajstić information content (AvgIpc) is 2.24. The number of anilines is 2. The van der Waals surface area contributed by atoms with Crippen LogP contribution < -0.4 is 5.32 Å². The maximum Gasteiger partial charge on any atom is 0.224 e. The van der Waals surface area contributed by atoms with Gasteiger partial charge in [-0.15, -0.1) is 0 Å². The fraction of sp³-hybridized carbons (Fsp3) is 0.0909. The third-order valence-electron chi connectivity index (χ3n) is 2.07. The Kier molecular flexibility index (Phi) is 3.01. The largest absolute Gasteiger partial charge is 0.340 e. The van der Waals surface area contributed by atoms with Gasteiger partial charge in [0.2, 0.25) is 5.28 Å². The van der Waals surface area contributed by atoms with Crippen molar-refractivity contribution >= 4 is 23.1 Å². The molecule has 0 fully saturated rings. The first-order valence-corrected chi connectivity index (χ1v) is 5.04. The number of aromatic nitrogens is 2. The lowest BCUT2D eigenvalue weighted by Crippen LogP contribution is -1.95. The highest BCUT2D eigenvalue weighted by Crippen LogP contribution is 2.18. The first-order valence-electron chi connectivity index (χ1n) is 4.67. The molecule has 2 rings (SSSR count). The molecule has 82 valence electrons. The number of halogens is 2. The van der Waals surface area contributed by atoms with E-state index in [-0.39, 0.29) is 11.1 Å². The lowest BCUT2D eigenvalue weighted by Gasteiger charge is -2.06. The first kappa shape index (κ1) is 10.8. The second-order valence-electron chi connectivity index (χ2n) is 3.30. The van der Waals surface area contributed by atoms with Crippen molar-refractivity contribution in [3.63, 3.8) is 0 Å². The van der Waals surface area contributed by atoms with E-state index in [0.717, 1.165) is 0 Å². The van der Waals surface area contributed by atoms with Crippen LogP contribution in [0.4, 0.5) is 15.9 Å². The Hall–Kier alpha value is -1.68. The quantitative estimate of drug-likeness (QED) is 0.815. The highest BCUT2D eigenvalue weighted by atomic mass is 35.5. The summed E-state index contributed by atoms with van der Waals surface area (Å²) in [6.07, 6.45) is 1.53. The molecular formula is C11H9ClFN3. The van der Waals surface area contributed by atoms with E-state index in [4.69, 9.17) is 11.6 Å². The third kappa shape index (κ3) is 2.46. The van der Waals surface area contributed by atoms with Crippen molar-refractivity contribution in [2.45, 2.75) is 6.92 Å². The van der Waals surface area contributed by atoms with Crippen molar-refractivity contribution in [2.75, 3.05) is 5.32 Å². The van der Waals surface area contributed by atoms with Crippen LogP contribution in [0.2, 0.25) is 5.28 Å². The van der Waals surface area contributed by atoms with Crippen LogP contribution in [-0.4, -0.2) is 9.97 Å². The third-order valence-corrected chi connectivity index (χ3v) is 2.25. The summed E-state index contributed by atoms with van der Waals surface area (Å²) < 4.78 is 13.3. The molecule has 0 saturated carbocycles. The molecule has 0 aliphatic carbocycles. The summed E-state index contributed by atoms with van der Waals surface area (Å²) in [5.41, 5.74) is 1.23. The van der Waals surface area contributed by atoms with E-state index < -0.39 is 0 Å². The van der Waals surface area contributed by atoms with Crippen LogP contribution in [0.25, 0.3) is 0 Å².